The van der Waals surface area contributed by atoms with Crippen LogP contribution in [0.25, 0.3) is 0 Å². The van der Waals surface area contributed by atoms with Crippen LogP contribution in [0.4, 0.5) is 0 Å². The Morgan fingerprint density at radius 2 is 2.00 bits per heavy atom. The van der Waals surface area contributed by atoms with Crippen molar-refractivity contribution in [1.29, 1.82) is 0 Å². The maximum absolute atomic E-state index is 10.8. The van der Waals surface area contributed by atoms with Gasteiger partial charge in [-0.05, 0) is 12.8 Å². The van der Waals surface area contributed by atoms with Gasteiger partial charge in [0, 0.05) is 12.5 Å². The average molecular weight is 247 g/mol. The maximum atomic E-state index is 10.8. The standard InChI is InChI=1S/C10H21N3O2S/c1-16(14,15)13-8-7-12-10(11)9-5-3-2-4-6-9/h9,13H,2-8H2,1H3,(H2,11,12). The molecule has 0 aromatic carbocycles. The lowest BCUT2D eigenvalue weighted by Crippen LogP contribution is -2.29. The van der Waals surface area contributed by atoms with Gasteiger partial charge in [0.25, 0.3) is 0 Å². The summed E-state index contributed by atoms with van der Waals surface area (Å²) in [4.78, 5) is 4.22. The van der Waals surface area contributed by atoms with E-state index in [1.54, 1.807) is 0 Å². The van der Waals surface area contributed by atoms with Crippen LogP contribution in [0.1, 0.15) is 32.1 Å². The van der Waals surface area contributed by atoms with Gasteiger partial charge in [0.2, 0.25) is 10.0 Å². The van der Waals surface area contributed by atoms with Crippen molar-refractivity contribution in [1.82, 2.24) is 4.72 Å². The fraction of sp³-hybridized carbons (Fsp3) is 0.900. The molecule has 0 atom stereocenters. The second kappa shape index (κ2) is 6.20. The molecule has 94 valence electrons. The number of nitrogens with one attached hydrogen (secondary N) is 1. The van der Waals surface area contributed by atoms with Crippen molar-refractivity contribution >= 4 is 15.9 Å². The lowest BCUT2D eigenvalue weighted by molar-refractivity contribution is 0.436. The molecule has 0 radical (unpaired) electrons. The van der Waals surface area contributed by atoms with Gasteiger partial charge in [-0.3, -0.25) is 4.99 Å². The summed E-state index contributed by atoms with van der Waals surface area (Å²) in [6, 6.07) is 0. The molecule has 0 aromatic heterocycles. The van der Waals surface area contributed by atoms with E-state index in [1.807, 2.05) is 0 Å². The summed E-state index contributed by atoms with van der Waals surface area (Å²) < 4.78 is 24.0. The highest BCUT2D eigenvalue weighted by molar-refractivity contribution is 7.88. The summed E-state index contributed by atoms with van der Waals surface area (Å²) in [6.45, 7) is 0.752. The molecule has 0 heterocycles. The van der Waals surface area contributed by atoms with E-state index in [0.29, 0.717) is 24.8 Å². The Hall–Kier alpha value is -0.620. The highest BCUT2D eigenvalue weighted by Gasteiger charge is 2.16. The van der Waals surface area contributed by atoms with Crippen LogP contribution in [-0.4, -0.2) is 33.6 Å². The molecule has 1 rings (SSSR count). The van der Waals surface area contributed by atoms with E-state index in [-0.39, 0.29) is 0 Å². The van der Waals surface area contributed by atoms with Crippen LogP contribution >= 0.6 is 0 Å². The molecular weight excluding hydrogens is 226 g/mol. The van der Waals surface area contributed by atoms with Gasteiger partial charge in [-0.2, -0.15) is 0 Å². The Labute approximate surface area is 97.6 Å². The van der Waals surface area contributed by atoms with Gasteiger partial charge in [-0.25, -0.2) is 13.1 Å². The van der Waals surface area contributed by atoms with Crippen LogP contribution in [-0.2, 0) is 10.0 Å². The van der Waals surface area contributed by atoms with Gasteiger partial charge in [-0.1, -0.05) is 19.3 Å². The van der Waals surface area contributed by atoms with Crippen molar-refractivity contribution < 1.29 is 8.42 Å². The maximum Gasteiger partial charge on any atom is 0.208 e. The zero-order valence-corrected chi connectivity index (χ0v) is 10.6. The van der Waals surface area contributed by atoms with Gasteiger partial charge in [0.15, 0.2) is 0 Å². The third-order valence-electron chi connectivity index (χ3n) is 2.79. The molecule has 5 nitrogen and oxygen atoms in total. The number of sulfonamides is 1. The number of rotatable bonds is 5. The minimum Gasteiger partial charge on any atom is -0.387 e. The van der Waals surface area contributed by atoms with Crippen molar-refractivity contribution in [3.05, 3.63) is 0 Å². The Morgan fingerprint density at radius 3 is 2.56 bits per heavy atom. The largest absolute Gasteiger partial charge is 0.387 e. The monoisotopic (exact) mass is 247 g/mol. The highest BCUT2D eigenvalue weighted by Crippen LogP contribution is 2.23. The predicted molar refractivity (Wildman–Crippen MR) is 65.9 cm³/mol. The Balaban J connectivity index is 2.27. The van der Waals surface area contributed by atoms with Crippen LogP contribution in [0.3, 0.4) is 0 Å². The summed E-state index contributed by atoms with van der Waals surface area (Å²) in [5.74, 6) is 1.10. The number of hydrogen-bond acceptors (Lipinski definition) is 3. The smallest absolute Gasteiger partial charge is 0.208 e. The van der Waals surface area contributed by atoms with Crippen LogP contribution in [0.15, 0.2) is 4.99 Å². The van der Waals surface area contributed by atoms with Crippen LogP contribution < -0.4 is 10.5 Å². The number of aliphatic imine (C=N–C) groups is 1. The summed E-state index contributed by atoms with van der Waals surface area (Å²) in [6.07, 6.45) is 7.12. The van der Waals surface area contributed by atoms with Crippen LogP contribution in [0.5, 0.6) is 0 Å². The topological polar surface area (TPSA) is 84.5 Å². The molecule has 0 aliphatic heterocycles. The molecule has 0 aromatic rings. The molecule has 1 aliphatic carbocycles. The SMILES string of the molecule is CS(=O)(=O)NCCN=C(N)C1CCCCC1. The first-order chi connectivity index (χ1) is 7.49. The second-order valence-corrected chi connectivity index (χ2v) is 6.14. The fourth-order valence-corrected chi connectivity index (χ4v) is 2.41. The van der Waals surface area contributed by atoms with Gasteiger partial charge in [0.05, 0.1) is 18.6 Å². The molecule has 1 saturated carbocycles. The molecule has 0 amide bonds. The number of amidine groups is 1. The van der Waals surface area contributed by atoms with E-state index >= 15 is 0 Å². The first kappa shape index (κ1) is 13.4. The van der Waals surface area contributed by atoms with E-state index in [1.165, 1.54) is 19.3 Å². The van der Waals surface area contributed by atoms with Crippen molar-refractivity contribution in [2.24, 2.45) is 16.6 Å². The Kier molecular flexibility index (Phi) is 5.21. The quantitative estimate of drug-likeness (QED) is 0.421. The lowest BCUT2D eigenvalue weighted by Gasteiger charge is -2.20. The molecule has 0 bridgehead atoms. The minimum atomic E-state index is -3.11. The van der Waals surface area contributed by atoms with Crippen molar-refractivity contribution in [2.75, 3.05) is 19.3 Å². The first-order valence-corrected chi connectivity index (χ1v) is 7.62. The Bertz CT molecular complexity index is 332. The number of hydrogen-bond donors (Lipinski definition) is 2. The summed E-state index contributed by atoms with van der Waals surface area (Å²) in [5, 5.41) is 0. The van der Waals surface area contributed by atoms with E-state index in [4.69, 9.17) is 5.73 Å². The van der Waals surface area contributed by atoms with Crippen molar-refractivity contribution in [3.8, 4) is 0 Å². The van der Waals surface area contributed by atoms with Gasteiger partial charge >= 0.3 is 0 Å². The molecule has 0 unspecified atom stereocenters. The number of nitrogens with two attached hydrogens (primary N) is 1. The fourth-order valence-electron chi connectivity index (χ4n) is 1.94. The van der Waals surface area contributed by atoms with Gasteiger partial charge < -0.3 is 5.73 Å². The normalized spacial score (nSPS) is 19.9. The molecule has 3 N–H and O–H groups in total. The van der Waals surface area contributed by atoms with Crippen molar-refractivity contribution in [2.45, 2.75) is 32.1 Å². The summed E-state index contributed by atoms with van der Waals surface area (Å²) in [7, 11) is -3.11. The van der Waals surface area contributed by atoms with Crippen LogP contribution in [0, 0.1) is 5.92 Å². The lowest BCUT2D eigenvalue weighted by atomic mass is 9.88. The van der Waals surface area contributed by atoms with E-state index < -0.39 is 10.0 Å². The molecule has 0 saturated heterocycles. The van der Waals surface area contributed by atoms with Gasteiger partial charge in [-0.15, -0.1) is 0 Å². The zero-order chi connectivity index (χ0) is 12.0. The average Bonchev–Trinajstić information content (AvgIpc) is 2.24. The van der Waals surface area contributed by atoms with E-state index in [0.717, 1.165) is 19.1 Å². The summed E-state index contributed by atoms with van der Waals surface area (Å²) >= 11 is 0. The third kappa shape index (κ3) is 5.46. The molecule has 0 spiro atoms. The highest BCUT2D eigenvalue weighted by atomic mass is 32.2. The van der Waals surface area contributed by atoms with Crippen molar-refractivity contribution in [3.63, 3.8) is 0 Å². The number of nitrogens with zero attached hydrogens (tertiary/aromatic N) is 1. The van der Waals surface area contributed by atoms with Gasteiger partial charge in [0.1, 0.15) is 0 Å². The Morgan fingerprint density at radius 1 is 1.38 bits per heavy atom. The first-order valence-electron chi connectivity index (χ1n) is 5.73. The zero-order valence-electron chi connectivity index (χ0n) is 9.78. The molecule has 1 fully saturated rings. The minimum absolute atomic E-state index is 0.326. The third-order valence-corrected chi connectivity index (χ3v) is 3.52. The molecule has 16 heavy (non-hydrogen) atoms. The summed E-state index contributed by atoms with van der Waals surface area (Å²) in [5.41, 5.74) is 5.87. The predicted octanol–water partition coefficient (Wildman–Crippen LogP) is 0.473. The molecule has 6 heteroatoms. The van der Waals surface area contributed by atoms with Crippen LogP contribution in [0.2, 0.25) is 0 Å². The second-order valence-electron chi connectivity index (χ2n) is 4.31. The van der Waals surface area contributed by atoms with E-state index in [9.17, 15) is 8.42 Å². The molecule has 1 aliphatic rings. The van der Waals surface area contributed by atoms with E-state index in [2.05, 4.69) is 9.71 Å². The molecular formula is C10H21N3O2S.